The van der Waals surface area contributed by atoms with Gasteiger partial charge in [0, 0.05) is 12.6 Å². The van der Waals surface area contributed by atoms with Crippen LogP contribution in [-0.4, -0.2) is 31.1 Å². The summed E-state index contributed by atoms with van der Waals surface area (Å²) in [5, 5.41) is 3.54. The molecule has 1 aromatic rings. The van der Waals surface area contributed by atoms with Crippen molar-refractivity contribution in [1.82, 2.24) is 10.2 Å². The van der Waals surface area contributed by atoms with E-state index in [0.29, 0.717) is 6.04 Å². The van der Waals surface area contributed by atoms with Gasteiger partial charge in [-0.25, -0.2) is 0 Å². The predicted molar refractivity (Wildman–Crippen MR) is 80.0 cm³/mol. The SMILES string of the molecule is Cc1ccc(C)c(CNCCCN(C)C(C)C)c1. The van der Waals surface area contributed by atoms with Crippen LogP contribution >= 0.6 is 0 Å². The molecule has 1 rings (SSSR count). The molecular weight excluding hydrogens is 220 g/mol. The van der Waals surface area contributed by atoms with E-state index in [-0.39, 0.29) is 0 Å². The van der Waals surface area contributed by atoms with Crippen LogP contribution in [-0.2, 0) is 6.54 Å². The molecule has 0 radical (unpaired) electrons. The summed E-state index contributed by atoms with van der Waals surface area (Å²) in [5.41, 5.74) is 4.15. The van der Waals surface area contributed by atoms with Gasteiger partial charge in [0.1, 0.15) is 0 Å². The number of aryl methyl sites for hydroxylation is 2. The van der Waals surface area contributed by atoms with Gasteiger partial charge >= 0.3 is 0 Å². The second kappa shape index (κ2) is 7.55. The van der Waals surface area contributed by atoms with Gasteiger partial charge in [-0.1, -0.05) is 23.8 Å². The summed E-state index contributed by atoms with van der Waals surface area (Å²) >= 11 is 0. The van der Waals surface area contributed by atoms with Crippen LogP contribution in [0, 0.1) is 13.8 Å². The Morgan fingerprint density at radius 1 is 1.22 bits per heavy atom. The van der Waals surface area contributed by atoms with E-state index in [1.807, 2.05) is 0 Å². The smallest absolute Gasteiger partial charge is 0.0208 e. The van der Waals surface area contributed by atoms with E-state index in [4.69, 9.17) is 0 Å². The summed E-state index contributed by atoms with van der Waals surface area (Å²) < 4.78 is 0. The first-order valence-electron chi connectivity index (χ1n) is 6.98. The Morgan fingerprint density at radius 3 is 2.61 bits per heavy atom. The number of hydrogen-bond acceptors (Lipinski definition) is 2. The lowest BCUT2D eigenvalue weighted by molar-refractivity contribution is 0.269. The zero-order valence-corrected chi connectivity index (χ0v) is 12.6. The lowest BCUT2D eigenvalue weighted by atomic mass is 10.1. The van der Waals surface area contributed by atoms with Crippen LogP contribution in [0.1, 0.15) is 37.0 Å². The Balaban J connectivity index is 2.24. The molecule has 1 N–H and O–H groups in total. The van der Waals surface area contributed by atoms with Crippen molar-refractivity contribution in [2.45, 2.75) is 46.7 Å². The molecule has 0 unspecified atom stereocenters. The highest BCUT2D eigenvalue weighted by Crippen LogP contribution is 2.10. The van der Waals surface area contributed by atoms with E-state index in [1.54, 1.807) is 0 Å². The molecule has 0 bridgehead atoms. The second-order valence-electron chi connectivity index (χ2n) is 5.53. The van der Waals surface area contributed by atoms with Gasteiger partial charge in [-0.05, 0) is 65.4 Å². The van der Waals surface area contributed by atoms with Gasteiger partial charge in [-0.3, -0.25) is 0 Å². The van der Waals surface area contributed by atoms with Crippen LogP contribution in [0.3, 0.4) is 0 Å². The van der Waals surface area contributed by atoms with Gasteiger partial charge in [0.25, 0.3) is 0 Å². The summed E-state index contributed by atoms with van der Waals surface area (Å²) in [6, 6.07) is 7.31. The largest absolute Gasteiger partial charge is 0.313 e. The topological polar surface area (TPSA) is 15.3 Å². The molecule has 2 nitrogen and oxygen atoms in total. The van der Waals surface area contributed by atoms with Crippen LogP contribution in [0.15, 0.2) is 18.2 Å². The zero-order valence-electron chi connectivity index (χ0n) is 12.6. The number of rotatable bonds is 7. The summed E-state index contributed by atoms with van der Waals surface area (Å²) in [5.74, 6) is 0. The standard InChI is InChI=1S/C16H28N2/c1-13(2)18(5)10-6-9-17-12-16-11-14(3)7-8-15(16)4/h7-8,11,13,17H,6,9-10,12H2,1-5H3. The fraction of sp³-hybridized carbons (Fsp3) is 0.625. The number of nitrogens with one attached hydrogen (secondary N) is 1. The normalized spacial score (nSPS) is 11.5. The van der Waals surface area contributed by atoms with Crippen LogP contribution in [0.4, 0.5) is 0 Å². The minimum atomic E-state index is 0.643. The van der Waals surface area contributed by atoms with E-state index in [2.05, 4.69) is 63.2 Å². The highest BCUT2D eigenvalue weighted by molar-refractivity contribution is 5.30. The summed E-state index contributed by atoms with van der Waals surface area (Å²) in [6.07, 6.45) is 1.21. The molecule has 0 aliphatic rings. The van der Waals surface area contributed by atoms with Crippen LogP contribution < -0.4 is 5.32 Å². The number of hydrogen-bond donors (Lipinski definition) is 1. The molecule has 0 aliphatic carbocycles. The third-order valence-corrected chi connectivity index (χ3v) is 3.57. The molecule has 0 aliphatic heterocycles. The van der Waals surface area contributed by atoms with Gasteiger partial charge < -0.3 is 10.2 Å². The Hall–Kier alpha value is -0.860. The van der Waals surface area contributed by atoms with E-state index < -0.39 is 0 Å². The minimum Gasteiger partial charge on any atom is -0.313 e. The van der Waals surface area contributed by atoms with Gasteiger partial charge in [-0.15, -0.1) is 0 Å². The van der Waals surface area contributed by atoms with Crippen LogP contribution in [0.25, 0.3) is 0 Å². The van der Waals surface area contributed by atoms with Crippen LogP contribution in [0.5, 0.6) is 0 Å². The minimum absolute atomic E-state index is 0.643. The van der Waals surface area contributed by atoms with E-state index in [1.165, 1.54) is 23.1 Å². The van der Waals surface area contributed by atoms with E-state index >= 15 is 0 Å². The Morgan fingerprint density at radius 2 is 1.94 bits per heavy atom. The summed E-state index contributed by atoms with van der Waals surface area (Å²) in [7, 11) is 2.19. The first kappa shape index (κ1) is 15.2. The summed E-state index contributed by atoms with van der Waals surface area (Å²) in [4.78, 5) is 2.39. The lowest BCUT2D eigenvalue weighted by Gasteiger charge is -2.20. The van der Waals surface area contributed by atoms with Gasteiger partial charge in [-0.2, -0.15) is 0 Å². The highest BCUT2D eigenvalue weighted by Gasteiger charge is 2.02. The maximum Gasteiger partial charge on any atom is 0.0208 e. The van der Waals surface area contributed by atoms with E-state index in [0.717, 1.165) is 19.6 Å². The number of benzene rings is 1. The Labute approximate surface area is 112 Å². The van der Waals surface area contributed by atoms with E-state index in [9.17, 15) is 0 Å². The van der Waals surface area contributed by atoms with Crippen molar-refractivity contribution in [2.24, 2.45) is 0 Å². The molecule has 0 amide bonds. The molecule has 0 aromatic heterocycles. The Kier molecular flexibility index (Phi) is 6.37. The van der Waals surface area contributed by atoms with Crippen molar-refractivity contribution in [3.63, 3.8) is 0 Å². The first-order chi connectivity index (χ1) is 8.50. The highest BCUT2D eigenvalue weighted by atomic mass is 15.1. The molecule has 18 heavy (non-hydrogen) atoms. The second-order valence-corrected chi connectivity index (χ2v) is 5.53. The molecule has 0 fully saturated rings. The third kappa shape index (κ3) is 5.19. The number of nitrogens with zero attached hydrogens (tertiary/aromatic N) is 1. The molecule has 102 valence electrons. The van der Waals surface area contributed by atoms with Gasteiger partial charge in [0.15, 0.2) is 0 Å². The maximum atomic E-state index is 3.54. The summed E-state index contributed by atoms with van der Waals surface area (Å²) in [6.45, 7) is 12.1. The first-order valence-corrected chi connectivity index (χ1v) is 6.98. The maximum absolute atomic E-state index is 3.54. The molecule has 0 saturated carbocycles. The van der Waals surface area contributed by atoms with Crippen molar-refractivity contribution in [3.05, 3.63) is 34.9 Å². The fourth-order valence-corrected chi connectivity index (χ4v) is 1.93. The van der Waals surface area contributed by atoms with Crippen LogP contribution in [0.2, 0.25) is 0 Å². The van der Waals surface area contributed by atoms with Crippen molar-refractivity contribution in [1.29, 1.82) is 0 Å². The predicted octanol–water partition coefficient (Wildman–Crippen LogP) is 3.12. The monoisotopic (exact) mass is 248 g/mol. The molecule has 0 spiro atoms. The molecule has 1 aromatic carbocycles. The van der Waals surface area contributed by atoms with Gasteiger partial charge in [0.2, 0.25) is 0 Å². The van der Waals surface area contributed by atoms with Gasteiger partial charge in [0.05, 0.1) is 0 Å². The van der Waals surface area contributed by atoms with Crippen molar-refractivity contribution in [3.8, 4) is 0 Å². The molecule has 0 saturated heterocycles. The quantitative estimate of drug-likeness (QED) is 0.746. The zero-order chi connectivity index (χ0) is 13.5. The van der Waals surface area contributed by atoms with Crippen molar-refractivity contribution in [2.75, 3.05) is 20.1 Å². The fourth-order valence-electron chi connectivity index (χ4n) is 1.93. The molecular formula is C16H28N2. The average molecular weight is 248 g/mol. The molecule has 0 heterocycles. The lowest BCUT2D eigenvalue weighted by Crippen LogP contribution is -2.29. The average Bonchev–Trinajstić information content (AvgIpc) is 2.32. The molecule has 2 heteroatoms. The van der Waals surface area contributed by atoms with Crippen molar-refractivity contribution >= 4 is 0 Å². The molecule has 0 atom stereocenters. The van der Waals surface area contributed by atoms with Crippen molar-refractivity contribution < 1.29 is 0 Å². The Bertz CT molecular complexity index is 358. The third-order valence-electron chi connectivity index (χ3n) is 3.57.